The summed E-state index contributed by atoms with van der Waals surface area (Å²) >= 11 is 1.12. The van der Waals surface area contributed by atoms with E-state index in [0.29, 0.717) is 5.75 Å². The maximum atomic E-state index is 11.2. The standard InChI is InChI=1S/C14H11NO5S/c1-20-9-4-2-5-10(8-9)21-12-7-3-6-11(14(16)17)13(12)15(18)19/h2-8H,1H3,(H,16,17). The summed E-state index contributed by atoms with van der Waals surface area (Å²) in [6, 6.07) is 11.2. The van der Waals surface area contributed by atoms with Crippen LogP contribution in [0.2, 0.25) is 0 Å². The second-order valence-electron chi connectivity index (χ2n) is 4.00. The van der Waals surface area contributed by atoms with Crippen molar-refractivity contribution in [1.82, 2.24) is 0 Å². The highest BCUT2D eigenvalue weighted by atomic mass is 32.2. The number of carbonyl (C=O) groups is 1. The molecule has 21 heavy (non-hydrogen) atoms. The van der Waals surface area contributed by atoms with Crippen molar-refractivity contribution in [3.63, 3.8) is 0 Å². The zero-order valence-electron chi connectivity index (χ0n) is 11.0. The topological polar surface area (TPSA) is 89.7 Å². The van der Waals surface area contributed by atoms with Gasteiger partial charge in [0, 0.05) is 4.90 Å². The minimum atomic E-state index is -1.32. The molecule has 108 valence electrons. The number of rotatable bonds is 5. The fraction of sp³-hybridized carbons (Fsp3) is 0.0714. The Morgan fingerprint density at radius 2 is 2.00 bits per heavy atom. The van der Waals surface area contributed by atoms with Crippen LogP contribution in [0, 0.1) is 10.1 Å². The average Bonchev–Trinajstić information content (AvgIpc) is 2.46. The number of hydrogen-bond acceptors (Lipinski definition) is 5. The van der Waals surface area contributed by atoms with Crippen molar-refractivity contribution < 1.29 is 19.6 Å². The summed E-state index contributed by atoms with van der Waals surface area (Å²) in [4.78, 5) is 22.6. The van der Waals surface area contributed by atoms with Gasteiger partial charge in [0.05, 0.1) is 16.9 Å². The van der Waals surface area contributed by atoms with Crippen molar-refractivity contribution in [3.8, 4) is 5.75 Å². The van der Waals surface area contributed by atoms with Crippen molar-refractivity contribution in [1.29, 1.82) is 0 Å². The first-order valence-corrected chi connectivity index (χ1v) is 6.67. The monoisotopic (exact) mass is 305 g/mol. The number of nitrogens with zero attached hydrogens (tertiary/aromatic N) is 1. The van der Waals surface area contributed by atoms with E-state index >= 15 is 0 Å². The molecular weight excluding hydrogens is 294 g/mol. The first-order chi connectivity index (χ1) is 10.0. The number of carboxylic acid groups (broad SMARTS) is 1. The van der Waals surface area contributed by atoms with Gasteiger partial charge < -0.3 is 9.84 Å². The molecule has 0 radical (unpaired) electrons. The Kier molecular flexibility index (Phi) is 4.44. The predicted octanol–water partition coefficient (Wildman–Crippen LogP) is 3.45. The second kappa shape index (κ2) is 6.27. The molecular formula is C14H11NO5S. The van der Waals surface area contributed by atoms with Crippen LogP contribution in [0.25, 0.3) is 0 Å². The molecule has 1 N–H and O–H groups in total. The molecule has 0 unspecified atom stereocenters. The van der Waals surface area contributed by atoms with Gasteiger partial charge in [-0.25, -0.2) is 4.79 Å². The Balaban J connectivity index is 2.46. The zero-order valence-corrected chi connectivity index (χ0v) is 11.8. The van der Waals surface area contributed by atoms with E-state index in [2.05, 4.69) is 0 Å². The Bertz CT molecular complexity index is 702. The smallest absolute Gasteiger partial charge is 0.342 e. The Hall–Kier alpha value is -2.54. The first-order valence-electron chi connectivity index (χ1n) is 5.85. The third-order valence-electron chi connectivity index (χ3n) is 2.68. The summed E-state index contributed by atoms with van der Waals surface area (Å²) in [5, 5.41) is 20.2. The molecule has 0 saturated carbocycles. The van der Waals surface area contributed by atoms with E-state index in [1.165, 1.54) is 25.3 Å². The summed E-state index contributed by atoms with van der Waals surface area (Å²) in [6.45, 7) is 0. The highest BCUT2D eigenvalue weighted by Gasteiger charge is 2.24. The summed E-state index contributed by atoms with van der Waals surface area (Å²) in [6.07, 6.45) is 0. The summed E-state index contributed by atoms with van der Waals surface area (Å²) in [5.41, 5.74) is -0.731. The summed E-state index contributed by atoms with van der Waals surface area (Å²) < 4.78 is 5.09. The van der Waals surface area contributed by atoms with E-state index in [4.69, 9.17) is 9.84 Å². The van der Waals surface area contributed by atoms with Gasteiger partial charge in [0.15, 0.2) is 0 Å². The Morgan fingerprint density at radius 1 is 1.29 bits per heavy atom. The predicted molar refractivity (Wildman–Crippen MR) is 77.2 cm³/mol. The molecule has 7 heteroatoms. The molecule has 0 aromatic heterocycles. The van der Waals surface area contributed by atoms with E-state index in [0.717, 1.165) is 16.7 Å². The number of carboxylic acids is 1. The molecule has 0 fully saturated rings. The van der Waals surface area contributed by atoms with Crippen molar-refractivity contribution in [3.05, 3.63) is 58.1 Å². The molecule has 0 aliphatic heterocycles. The Morgan fingerprint density at radius 3 is 2.62 bits per heavy atom. The third kappa shape index (κ3) is 3.32. The number of nitro groups is 1. The van der Waals surface area contributed by atoms with Crippen LogP contribution in [-0.2, 0) is 0 Å². The minimum Gasteiger partial charge on any atom is -0.497 e. The van der Waals surface area contributed by atoms with Gasteiger partial charge in [-0.05, 0) is 30.3 Å². The largest absolute Gasteiger partial charge is 0.497 e. The van der Waals surface area contributed by atoms with E-state index in [-0.39, 0.29) is 10.5 Å². The van der Waals surface area contributed by atoms with Crippen LogP contribution in [0.5, 0.6) is 5.75 Å². The van der Waals surface area contributed by atoms with Crippen LogP contribution in [-0.4, -0.2) is 23.1 Å². The fourth-order valence-corrected chi connectivity index (χ4v) is 2.76. The van der Waals surface area contributed by atoms with Crippen LogP contribution in [0.1, 0.15) is 10.4 Å². The van der Waals surface area contributed by atoms with Crippen LogP contribution >= 0.6 is 11.8 Å². The number of hydrogen-bond donors (Lipinski definition) is 1. The van der Waals surface area contributed by atoms with Crippen LogP contribution in [0.15, 0.2) is 52.3 Å². The van der Waals surface area contributed by atoms with E-state index in [1.54, 1.807) is 24.3 Å². The maximum Gasteiger partial charge on any atom is 0.342 e. The number of ether oxygens (including phenoxy) is 1. The summed E-state index contributed by atoms with van der Waals surface area (Å²) in [5.74, 6) is -0.702. The van der Waals surface area contributed by atoms with Crippen LogP contribution in [0.4, 0.5) is 5.69 Å². The van der Waals surface area contributed by atoms with Gasteiger partial charge in [0.1, 0.15) is 11.3 Å². The number of nitro benzene ring substituents is 1. The fourth-order valence-electron chi connectivity index (χ4n) is 1.76. The van der Waals surface area contributed by atoms with Crippen LogP contribution < -0.4 is 4.74 Å². The quantitative estimate of drug-likeness (QED) is 0.672. The molecule has 2 rings (SSSR count). The molecule has 6 nitrogen and oxygen atoms in total. The second-order valence-corrected chi connectivity index (χ2v) is 5.11. The number of benzene rings is 2. The highest BCUT2D eigenvalue weighted by molar-refractivity contribution is 7.99. The van der Waals surface area contributed by atoms with Gasteiger partial charge >= 0.3 is 5.97 Å². The van der Waals surface area contributed by atoms with Gasteiger partial charge in [-0.1, -0.05) is 23.9 Å². The maximum absolute atomic E-state index is 11.2. The van der Waals surface area contributed by atoms with E-state index < -0.39 is 16.6 Å². The van der Waals surface area contributed by atoms with Gasteiger partial charge in [0.2, 0.25) is 0 Å². The van der Waals surface area contributed by atoms with Crippen molar-refractivity contribution in [2.24, 2.45) is 0 Å². The van der Waals surface area contributed by atoms with Crippen LogP contribution in [0.3, 0.4) is 0 Å². The molecule has 0 saturated heterocycles. The number of methoxy groups -OCH3 is 1. The van der Waals surface area contributed by atoms with Gasteiger partial charge in [-0.15, -0.1) is 0 Å². The third-order valence-corrected chi connectivity index (χ3v) is 3.72. The molecule has 0 amide bonds. The molecule has 2 aromatic carbocycles. The lowest BCUT2D eigenvalue weighted by Crippen LogP contribution is -2.03. The lowest BCUT2D eigenvalue weighted by atomic mass is 10.2. The zero-order chi connectivity index (χ0) is 15.4. The molecule has 0 aliphatic rings. The molecule has 0 aliphatic carbocycles. The molecule has 0 atom stereocenters. The summed E-state index contributed by atoms with van der Waals surface area (Å²) in [7, 11) is 1.53. The van der Waals surface area contributed by atoms with E-state index in [1.807, 2.05) is 0 Å². The molecule has 0 heterocycles. The van der Waals surface area contributed by atoms with Crippen molar-refractivity contribution in [2.75, 3.05) is 7.11 Å². The number of aromatic carboxylic acids is 1. The lowest BCUT2D eigenvalue weighted by molar-refractivity contribution is -0.388. The van der Waals surface area contributed by atoms with E-state index in [9.17, 15) is 14.9 Å². The molecule has 0 bridgehead atoms. The SMILES string of the molecule is COc1cccc(Sc2cccc(C(=O)O)c2[N+](=O)[O-])c1. The average molecular weight is 305 g/mol. The first kappa shape index (κ1) is 14.9. The molecule has 2 aromatic rings. The van der Waals surface area contributed by atoms with Crippen molar-refractivity contribution in [2.45, 2.75) is 9.79 Å². The Labute approximate surface area is 124 Å². The molecule has 0 spiro atoms. The highest BCUT2D eigenvalue weighted by Crippen LogP contribution is 2.37. The van der Waals surface area contributed by atoms with Gasteiger partial charge in [-0.3, -0.25) is 10.1 Å². The number of para-hydroxylation sites is 1. The van der Waals surface area contributed by atoms with Gasteiger partial charge in [0.25, 0.3) is 5.69 Å². The normalized spacial score (nSPS) is 10.1. The van der Waals surface area contributed by atoms with Crippen molar-refractivity contribution >= 4 is 23.4 Å². The minimum absolute atomic E-state index is 0.271. The lowest BCUT2D eigenvalue weighted by Gasteiger charge is -2.06. The van der Waals surface area contributed by atoms with Gasteiger partial charge in [-0.2, -0.15) is 0 Å².